The van der Waals surface area contributed by atoms with Gasteiger partial charge in [-0.05, 0) is 61.7 Å². The molecule has 2 heterocycles. The summed E-state index contributed by atoms with van der Waals surface area (Å²) in [6.45, 7) is 6.40. The molecule has 0 unspecified atom stereocenters. The lowest BCUT2D eigenvalue weighted by Gasteiger charge is -2.24. The van der Waals surface area contributed by atoms with Crippen LogP contribution in [0.3, 0.4) is 0 Å². The van der Waals surface area contributed by atoms with Crippen LogP contribution in [0, 0.1) is 5.92 Å². The molecule has 0 atom stereocenters. The molecule has 0 saturated heterocycles. The van der Waals surface area contributed by atoms with E-state index in [1.54, 1.807) is 6.20 Å². The van der Waals surface area contributed by atoms with Crippen LogP contribution >= 0.6 is 11.8 Å². The van der Waals surface area contributed by atoms with Crippen molar-refractivity contribution in [3.05, 3.63) is 42.6 Å². The van der Waals surface area contributed by atoms with Gasteiger partial charge in [0, 0.05) is 41.7 Å². The van der Waals surface area contributed by atoms with E-state index in [9.17, 15) is 4.79 Å². The van der Waals surface area contributed by atoms with Crippen molar-refractivity contribution in [3.63, 3.8) is 0 Å². The van der Waals surface area contributed by atoms with Gasteiger partial charge >= 0.3 is 0 Å². The Morgan fingerprint density at radius 1 is 1.06 bits per heavy atom. The van der Waals surface area contributed by atoms with Crippen molar-refractivity contribution < 1.29 is 4.79 Å². The van der Waals surface area contributed by atoms with Gasteiger partial charge in [0.1, 0.15) is 17.5 Å². The van der Waals surface area contributed by atoms with Crippen LogP contribution in [0.25, 0.3) is 0 Å². The van der Waals surface area contributed by atoms with E-state index in [1.807, 2.05) is 36.4 Å². The summed E-state index contributed by atoms with van der Waals surface area (Å²) in [5.74, 6) is 2.75. The largest absolute Gasteiger partial charge is 0.356 e. The quantitative estimate of drug-likeness (QED) is 0.181. The number of carbonyl (C=O) groups is 1. The second kappa shape index (κ2) is 12.6. The Hall–Kier alpha value is -3.07. The molecule has 1 aliphatic carbocycles. The molecule has 4 rings (SSSR count). The number of amides is 1. The van der Waals surface area contributed by atoms with E-state index in [4.69, 9.17) is 9.97 Å². The summed E-state index contributed by atoms with van der Waals surface area (Å²) in [4.78, 5) is 25.1. The molecule has 0 aliphatic heterocycles. The first kappa shape index (κ1) is 25.0. The van der Waals surface area contributed by atoms with E-state index >= 15 is 0 Å². The fraction of sp³-hybridized carbons (Fsp3) is 0.462. The predicted molar refractivity (Wildman–Crippen MR) is 142 cm³/mol. The number of aromatic amines is 1. The van der Waals surface area contributed by atoms with Gasteiger partial charge in [-0.25, -0.2) is 9.97 Å². The van der Waals surface area contributed by atoms with Crippen LogP contribution in [0.15, 0.2) is 52.6 Å². The van der Waals surface area contributed by atoms with Gasteiger partial charge in [-0.15, -0.1) is 0 Å². The second-order valence-electron chi connectivity index (χ2n) is 8.93. The zero-order valence-corrected chi connectivity index (χ0v) is 21.4. The number of nitrogens with one attached hydrogen (secondary N) is 3. The Balaban J connectivity index is 1.53. The van der Waals surface area contributed by atoms with E-state index in [2.05, 4.69) is 39.6 Å². The summed E-state index contributed by atoms with van der Waals surface area (Å²) in [5, 5.41) is 13.9. The lowest BCUT2D eigenvalue weighted by molar-refractivity contribution is -0.117. The van der Waals surface area contributed by atoms with Gasteiger partial charge in [-0.3, -0.25) is 9.89 Å². The Morgan fingerprint density at radius 3 is 2.51 bits per heavy atom. The summed E-state index contributed by atoms with van der Waals surface area (Å²) in [7, 11) is 0. The Kier molecular flexibility index (Phi) is 9.00. The minimum Gasteiger partial charge on any atom is -0.356 e. The molecule has 9 heteroatoms. The lowest BCUT2D eigenvalue weighted by atomic mass is 10.2. The minimum absolute atomic E-state index is 0.117. The molecular formula is C26H35N7OS. The highest BCUT2D eigenvalue weighted by Gasteiger charge is 2.29. The highest BCUT2D eigenvalue weighted by Crippen LogP contribution is 2.32. The van der Waals surface area contributed by atoms with Gasteiger partial charge in [0.05, 0.1) is 6.20 Å². The Labute approximate surface area is 211 Å². The van der Waals surface area contributed by atoms with E-state index in [1.165, 1.54) is 24.6 Å². The third kappa shape index (κ3) is 7.71. The van der Waals surface area contributed by atoms with Gasteiger partial charge < -0.3 is 15.5 Å². The Morgan fingerprint density at radius 2 is 1.83 bits per heavy atom. The van der Waals surface area contributed by atoms with Crippen LogP contribution < -0.4 is 15.5 Å². The molecular weight excluding hydrogens is 458 g/mol. The average molecular weight is 494 g/mol. The van der Waals surface area contributed by atoms with E-state index in [0.29, 0.717) is 5.16 Å². The summed E-state index contributed by atoms with van der Waals surface area (Å²) >= 11 is 1.52. The number of H-pyrrole nitrogens is 1. The summed E-state index contributed by atoms with van der Waals surface area (Å²) in [6.07, 6.45) is 9.50. The number of nitrogens with zero attached hydrogens (tertiary/aromatic N) is 4. The Bertz CT molecular complexity index is 1070. The number of rotatable bonds is 14. The maximum Gasteiger partial charge on any atom is 0.227 e. The van der Waals surface area contributed by atoms with E-state index in [-0.39, 0.29) is 11.8 Å². The zero-order valence-electron chi connectivity index (χ0n) is 20.6. The molecule has 35 heavy (non-hydrogen) atoms. The van der Waals surface area contributed by atoms with Crippen molar-refractivity contribution in [2.24, 2.45) is 5.92 Å². The van der Waals surface area contributed by atoms with Crippen molar-refractivity contribution in [2.75, 3.05) is 28.6 Å². The number of hydrogen-bond acceptors (Lipinski definition) is 7. The average Bonchev–Trinajstić information content (AvgIpc) is 3.60. The summed E-state index contributed by atoms with van der Waals surface area (Å²) in [5.41, 5.74) is 0.823. The molecule has 3 N–H and O–H groups in total. The van der Waals surface area contributed by atoms with Crippen molar-refractivity contribution in [3.8, 4) is 0 Å². The van der Waals surface area contributed by atoms with Crippen LogP contribution in [0.5, 0.6) is 0 Å². The molecule has 1 aliphatic rings. The second-order valence-corrected chi connectivity index (χ2v) is 9.97. The zero-order chi connectivity index (χ0) is 24.5. The van der Waals surface area contributed by atoms with Gasteiger partial charge in [-0.1, -0.05) is 33.1 Å². The smallest absolute Gasteiger partial charge is 0.227 e. The fourth-order valence-corrected chi connectivity index (χ4v) is 4.46. The predicted octanol–water partition coefficient (Wildman–Crippen LogP) is 6.24. The van der Waals surface area contributed by atoms with Crippen molar-refractivity contribution in [1.29, 1.82) is 0 Å². The van der Waals surface area contributed by atoms with Gasteiger partial charge in [0.15, 0.2) is 5.16 Å². The number of anilines is 4. The molecule has 186 valence electrons. The van der Waals surface area contributed by atoms with E-state index in [0.717, 1.165) is 73.2 Å². The summed E-state index contributed by atoms with van der Waals surface area (Å²) in [6, 6.07) is 11.8. The molecule has 1 fully saturated rings. The lowest BCUT2D eigenvalue weighted by Crippen LogP contribution is -2.27. The molecule has 0 spiro atoms. The third-order valence-corrected chi connectivity index (χ3v) is 6.74. The molecule has 3 aromatic rings. The molecule has 1 amide bonds. The van der Waals surface area contributed by atoms with Gasteiger partial charge in [0.2, 0.25) is 5.91 Å². The maximum absolute atomic E-state index is 12.0. The number of aromatic nitrogens is 4. The first-order valence-corrected chi connectivity index (χ1v) is 13.5. The monoisotopic (exact) mass is 493 g/mol. The highest BCUT2D eigenvalue weighted by atomic mass is 32.2. The minimum atomic E-state index is 0.117. The van der Waals surface area contributed by atoms with Crippen LogP contribution in [-0.2, 0) is 4.79 Å². The van der Waals surface area contributed by atoms with Crippen LogP contribution in [-0.4, -0.2) is 39.2 Å². The van der Waals surface area contributed by atoms with Crippen molar-refractivity contribution in [1.82, 2.24) is 20.2 Å². The van der Waals surface area contributed by atoms with Crippen molar-refractivity contribution >= 4 is 40.8 Å². The number of unbranched alkanes of at least 4 members (excludes halogenated alkanes) is 3. The molecule has 0 bridgehead atoms. The van der Waals surface area contributed by atoms with Crippen LogP contribution in [0.2, 0.25) is 0 Å². The topological polar surface area (TPSA) is 98.8 Å². The first-order valence-electron chi connectivity index (χ1n) is 12.6. The fourth-order valence-electron chi connectivity index (χ4n) is 3.69. The molecule has 1 saturated carbocycles. The van der Waals surface area contributed by atoms with Crippen LogP contribution in [0.1, 0.15) is 58.8 Å². The third-order valence-electron chi connectivity index (χ3n) is 5.87. The molecule has 1 aromatic carbocycles. The number of benzene rings is 1. The van der Waals surface area contributed by atoms with Crippen molar-refractivity contribution in [2.45, 2.75) is 68.8 Å². The SMILES string of the molecule is CCCCCN(CCCC)c1cc(Nc2ccn[nH]2)nc(Sc2ccc(NC(=O)C3CC3)cc2)n1. The van der Waals surface area contributed by atoms with E-state index < -0.39 is 0 Å². The summed E-state index contributed by atoms with van der Waals surface area (Å²) < 4.78 is 0. The highest BCUT2D eigenvalue weighted by molar-refractivity contribution is 7.99. The number of carbonyl (C=O) groups excluding carboxylic acids is 1. The maximum atomic E-state index is 12.0. The molecule has 2 aromatic heterocycles. The first-order chi connectivity index (χ1) is 17.1. The molecule has 0 radical (unpaired) electrons. The number of hydrogen-bond donors (Lipinski definition) is 3. The normalized spacial score (nSPS) is 13.0. The standard InChI is InChI=1S/C26H35N7OS/c1-3-5-7-17-33(16-6-4-2)24-18-23(29-22-14-15-27-32-22)30-26(31-24)35-21-12-10-20(11-13-21)28-25(34)19-8-9-19/h10-15,18-19H,3-9,16-17H2,1-2H3,(H,28,34)(H2,27,29,30,31,32). The molecule has 8 nitrogen and oxygen atoms in total. The van der Waals surface area contributed by atoms with Crippen LogP contribution in [0.4, 0.5) is 23.1 Å². The van der Waals surface area contributed by atoms with Gasteiger partial charge in [0.25, 0.3) is 0 Å². The van der Waals surface area contributed by atoms with Gasteiger partial charge in [-0.2, -0.15) is 5.10 Å².